The van der Waals surface area contributed by atoms with Gasteiger partial charge in [-0.25, -0.2) is 8.42 Å². The average molecular weight is 390 g/mol. The van der Waals surface area contributed by atoms with Gasteiger partial charge in [0, 0.05) is 11.3 Å². The van der Waals surface area contributed by atoms with Crippen LogP contribution < -0.4 is 14.8 Å². The van der Waals surface area contributed by atoms with Crippen LogP contribution in [0, 0.1) is 0 Å². The molecule has 0 fully saturated rings. The first-order valence-corrected chi connectivity index (χ1v) is 9.88. The van der Waals surface area contributed by atoms with Crippen molar-refractivity contribution in [3.8, 4) is 5.75 Å². The van der Waals surface area contributed by atoms with Gasteiger partial charge in [-0.3, -0.25) is 9.59 Å². The van der Waals surface area contributed by atoms with Crippen LogP contribution in [0.25, 0.3) is 0 Å². The number of nitrogens with one attached hydrogen (secondary N) is 2. The van der Waals surface area contributed by atoms with Gasteiger partial charge in [0.2, 0.25) is 15.9 Å². The molecule has 2 N–H and O–H groups in total. The summed E-state index contributed by atoms with van der Waals surface area (Å²) in [7, 11) is -3.87. The largest absolute Gasteiger partial charge is 0.494 e. The van der Waals surface area contributed by atoms with E-state index in [1.54, 1.807) is 30.3 Å². The third-order valence-corrected chi connectivity index (χ3v) is 5.26. The van der Waals surface area contributed by atoms with E-state index in [0.29, 0.717) is 23.6 Å². The molecule has 0 heterocycles. The quantitative estimate of drug-likeness (QED) is 0.675. The highest BCUT2D eigenvalue weighted by Crippen LogP contribution is 2.17. The second-order valence-corrected chi connectivity index (χ2v) is 7.59. The Labute approximate surface area is 158 Å². The van der Waals surface area contributed by atoms with E-state index in [2.05, 4.69) is 10.0 Å². The number of benzene rings is 2. The van der Waals surface area contributed by atoms with Gasteiger partial charge in [-0.05, 0) is 57.2 Å². The zero-order valence-electron chi connectivity index (χ0n) is 15.4. The van der Waals surface area contributed by atoms with E-state index in [9.17, 15) is 18.0 Å². The lowest BCUT2D eigenvalue weighted by Crippen LogP contribution is -2.41. The van der Waals surface area contributed by atoms with Gasteiger partial charge in [0.25, 0.3) is 0 Å². The Kier molecular flexibility index (Phi) is 6.70. The first-order chi connectivity index (χ1) is 12.7. The van der Waals surface area contributed by atoms with Gasteiger partial charge in [0.1, 0.15) is 5.75 Å². The molecule has 0 aliphatic carbocycles. The molecule has 2 aromatic carbocycles. The third kappa shape index (κ3) is 5.63. The van der Waals surface area contributed by atoms with Gasteiger partial charge >= 0.3 is 0 Å². The van der Waals surface area contributed by atoms with Gasteiger partial charge in [-0.2, -0.15) is 4.72 Å². The lowest BCUT2D eigenvalue weighted by molar-refractivity contribution is -0.117. The third-order valence-electron chi connectivity index (χ3n) is 3.71. The van der Waals surface area contributed by atoms with Crippen LogP contribution in [-0.4, -0.2) is 32.8 Å². The number of Topliss-reactive ketones (excluding diaryl/α,β-unsaturated/α-hetero) is 1. The summed E-state index contributed by atoms with van der Waals surface area (Å²) in [5.41, 5.74) is 0.871. The van der Waals surface area contributed by atoms with Crippen molar-refractivity contribution in [3.63, 3.8) is 0 Å². The molecule has 8 heteroatoms. The summed E-state index contributed by atoms with van der Waals surface area (Å²) in [6, 6.07) is 11.3. The minimum absolute atomic E-state index is 0.0316. The highest BCUT2D eigenvalue weighted by Gasteiger charge is 2.22. The van der Waals surface area contributed by atoms with Crippen molar-refractivity contribution in [1.82, 2.24) is 4.72 Å². The van der Waals surface area contributed by atoms with Crippen molar-refractivity contribution in [1.29, 1.82) is 0 Å². The van der Waals surface area contributed by atoms with Crippen LogP contribution in [0.4, 0.5) is 5.69 Å². The van der Waals surface area contributed by atoms with Crippen LogP contribution in [0.1, 0.15) is 31.1 Å². The van der Waals surface area contributed by atoms with E-state index in [1.165, 1.54) is 32.0 Å². The molecule has 144 valence electrons. The van der Waals surface area contributed by atoms with Gasteiger partial charge in [0.05, 0.1) is 17.5 Å². The number of rotatable bonds is 8. The van der Waals surface area contributed by atoms with Crippen LogP contribution >= 0.6 is 0 Å². The highest BCUT2D eigenvalue weighted by atomic mass is 32.2. The Bertz CT molecular complexity index is 923. The zero-order chi connectivity index (χ0) is 20.0. The molecule has 0 bridgehead atoms. The molecule has 27 heavy (non-hydrogen) atoms. The van der Waals surface area contributed by atoms with Crippen molar-refractivity contribution in [2.24, 2.45) is 0 Å². The maximum absolute atomic E-state index is 12.4. The second kappa shape index (κ2) is 8.79. The molecule has 0 aliphatic rings. The SMILES string of the molecule is CCOc1ccc(S(=O)(=O)N[C@@H](C)C(=O)Nc2cccc(C(C)=O)c2)cc1. The Hall–Kier alpha value is -2.71. The summed E-state index contributed by atoms with van der Waals surface area (Å²) in [5, 5.41) is 2.60. The topological polar surface area (TPSA) is 102 Å². The number of amides is 1. The van der Waals surface area contributed by atoms with Crippen molar-refractivity contribution < 1.29 is 22.7 Å². The molecule has 0 unspecified atom stereocenters. The summed E-state index contributed by atoms with van der Waals surface area (Å²) in [4.78, 5) is 23.7. The molecule has 0 aromatic heterocycles. The molecule has 0 saturated carbocycles. The normalized spacial score (nSPS) is 12.3. The van der Waals surface area contributed by atoms with Gasteiger partial charge in [0.15, 0.2) is 5.78 Å². The summed E-state index contributed by atoms with van der Waals surface area (Å²) in [5.74, 6) is -0.104. The Morgan fingerprint density at radius 3 is 2.37 bits per heavy atom. The molecular formula is C19H22N2O5S. The van der Waals surface area contributed by atoms with E-state index in [-0.39, 0.29) is 10.7 Å². The molecule has 0 aliphatic heterocycles. The first kappa shape index (κ1) is 20.6. The van der Waals surface area contributed by atoms with Crippen LogP contribution in [0.2, 0.25) is 0 Å². The molecule has 0 spiro atoms. The number of hydrogen-bond donors (Lipinski definition) is 2. The average Bonchev–Trinajstić information content (AvgIpc) is 2.62. The lowest BCUT2D eigenvalue weighted by Gasteiger charge is -2.15. The molecule has 0 radical (unpaired) electrons. The lowest BCUT2D eigenvalue weighted by atomic mass is 10.1. The van der Waals surface area contributed by atoms with Crippen LogP contribution in [0.5, 0.6) is 5.75 Å². The minimum atomic E-state index is -3.87. The van der Waals surface area contributed by atoms with Gasteiger partial charge in [-0.15, -0.1) is 0 Å². The van der Waals surface area contributed by atoms with E-state index in [1.807, 2.05) is 6.92 Å². The van der Waals surface area contributed by atoms with Gasteiger partial charge in [-0.1, -0.05) is 12.1 Å². The Balaban J connectivity index is 2.06. The number of carbonyl (C=O) groups excluding carboxylic acids is 2. The Morgan fingerprint density at radius 1 is 1.11 bits per heavy atom. The summed E-state index contributed by atoms with van der Waals surface area (Å²) in [6.45, 7) is 5.18. The van der Waals surface area contributed by atoms with E-state index in [0.717, 1.165) is 0 Å². The maximum atomic E-state index is 12.4. The number of ether oxygens (including phenoxy) is 1. The predicted molar refractivity (Wildman–Crippen MR) is 102 cm³/mol. The highest BCUT2D eigenvalue weighted by molar-refractivity contribution is 7.89. The summed E-state index contributed by atoms with van der Waals surface area (Å²) >= 11 is 0. The Morgan fingerprint density at radius 2 is 1.78 bits per heavy atom. The molecule has 0 saturated heterocycles. The molecular weight excluding hydrogens is 368 g/mol. The van der Waals surface area contributed by atoms with Crippen LogP contribution in [-0.2, 0) is 14.8 Å². The molecule has 2 aromatic rings. The van der Waals surface area contributed by atoms with E-state index >= 15 is 0 Å². The maximum Gasteiger partial charge on any atom is 0.242 e. The summed E-state index contributed by atoms with van der Waals surface area (Å²) < 4.78 is 32.5. The summed E-state index contributed by atoms with van der Waals surface area (Å²) in [6.07, 6.45) is 0. The first-order valence-electron chi connectivity index (χ1n) is 8.40. The van der Waals surface area contributed by atoms with Gasteiger partial charge < -0.3 is 10.1 Å². The molecule has 1 amide bonds. The second-order valence-electron chi connectivity index (χ2n) is 5.87. The zero-order valence-corrected chi connectivity index (χ0v) is 16.2. The molecule has 2 rings (SSSR count). The fraction of sp³-hybridized carbons (Fsp3) is 0.263. The number of sulfonamides is 1. The van der Waals surface area contributed by atoms with Crippen LogP contribution in [0.3, 0.4) is 0 Å². The standard InChI is InChI=1S/C19H22N2O5S/c1-4-26-17-8-10-18(11-9-17)27(24,25)21-13(2)19(23)20-16-7-5-6-15(12-16)14(3)22/h5-13,21H,4H2,1-3H3,(H,20,23)/t13-/m0/s1. The predicted octanol–water partition coefficient (Wildman–Crippen LogP) is 2.59. The number of ketones is 1. The van der Waals surface area contributed by atoms with E-state index in [4.69, 9.17) is 4.74 Å². The smallest absolute Gasteiger partial charge is 0.242 e. The fourth-order valence-electron chi connectivity index (χ4n) is 2.30. The van der Waals surface area contributed by atoms with Crippen LogP contribution in [0.15, 0.2) is 53.4 Å². The number of hydrogen-bond acceptors (Lipinski definition) is 5. The number of carbonyl (C=O) groups is 2. The fourth-order valence-corrected chi connectivity index (χ4v) is 3.51. The number of anilines is 1. The molecule has 1 atom stereocenters. The van der Waals surface area contributed by atoms with Crippen molar-refractivity contribution in [3.05, 3.63) is 54.1 Å². The van der Waals surface area contributed by atoms with Crippen molar-refractivity contribution >= 4 is 27.4 Å². The molecule has 7 nitrogen and oxygen atoms in total. The van der Waals surface area contributed by atoms with Crippen molar-refractivity contribution in [2.45, 2.75) is 31.7 Å². The van der Waals surface area contributed by atoms with E-state index < -0.39 is 22.0 Å². The van der Waals surface area contributed by atoms with Crippen molar-refractivity contribution in [2.75, 3.05) is 11.9 Å². The minimum Gasteiger partial charge on any atom is -0.494 e. The monoisotopic (exact) mass is 390 g/mol.